The summed E-state index contributed by atoms with van der Waals surface area (Å²) in [5.74, 6) is 2.14. The number of nitrogens with one attached hydrogen (secondary N) is 2. The number of hydrogen-bond acceptors (Lipinski definition) is 5. The molecule has 0 aliphatic carbocycles. The second-order valence-electron chi connectivity index (χ2n) is 4.98. The van der Waals surface area contributed by atoms with Gasteiger partial charge in [-0.3, -0.25) is 0 Å². The van der Waals surface area contributed by atoms with Crippen LogP contribution in [0.1, 0.15) is 24.4 Å². The number of aliphatic imine (C=N–C) groups is 1. The van der Waals surface area contributed by atoms with Crippen molar-refractivity contribution >= 4 is 47.0 Å². The maximum Gasteiger partial charge on any atom is 0.196 e. The number of methoxy groups -OCH3 is 1. The Morgan fingerprint density at radius 3 is 2.68 bits per heavy atom. The summed E-state index contributed by atoms with van der Waals surface area (Å²) in [4.78, 5) is 10.0. The van der Waals surface area contributed by atoms with E-state index in [4.69, 9.17) is 9.47 Å². The predicted molar refractivity (Wildman–Crippen MR) is 115 cm³/mol. The highest BCUT2D eigenvalue weighted by Gasteiger charge is 2.07. The molecule has 1 aromatic heterocycles. The zero-order valence-corrected chi connectivity index (χ0v) is 18.1. The zero-order chi connectivity index (χ0) is 17.4. The van der Waals surface area contributed by atoms with Crippen LogP contribution in [0.15, 0.2) is 28.7 Å². The van der Waals surface area contributed by atoms with Gasteiger partial charge in [0.05, 0.1) is 31.5 Å². The average Bonchev–Trinajstić information content (AvgIpc) is 2.98. The number of anilines is 1. The third-order valence-corrected chi connectivity index (χ3v) is 4.22. The molecule has 1 heterocycles. The number of nitrogens with zero attached hydrogens (tertiary/aromatic N) is 2. The fraction of sp³-hybridized carbons (Fsp3) is 0.412. The molecule has 0 bridgehead atoms. The normalized spacial score (nSPS) is 10.8. The van der Waals surface area contributed by atoms with Gasteiger partial charge in [-0.1, -0.05) is 0 Å². The minimum Gasteiger partial charge on any atom is -0.493 e. The van der Waals surface area contributed by atoms with Crippen LogP contribution in [0.5, 0.6) is 11.5 Å². The molecule has 0 fully saturated rings. The lowest BCUT2D eigenvalue weighted by atomic mass is 10.2. The molecule has 6 nitrogen and oxygen atoms in total. The Labute approximate surface area is 170 Å². The van der Waals surface area contributed by atoms with Crippen LogP contribution in [0.4, 0.5) is 5.69 Å². The lowest BCUT2D eigenvalue weighted by molar-refractivity contribution is 0.311. The third-order valence-electron chi connectivity index (χ3n) is 3.30. The van der Waals surface area contributed by atoms with Crippen LogP contribution in [0.2, 0.25) is 0 Å². The Morgan fingerprint density at radius 1 is 1.28 bits per heavy atom. The summed E-state index contributed by atoms with van der Waals surface area (Å²) in [6, 6.07) is 5.73. The molecule has 25 heavy (non-hydrogen) atoms. The van der Waals surface area contributed by atoms with E-state index in [1.165, 1.54) is 0 Å². The molecule has 0 saturated heterocycles. The van der Waals surface area contributed by atoms with Gasteiger partial charge < -0.3 is 20.1 Å². The van der Waals surface area contributed by atoms with Gasteiger partial charge in [0.1, 0.15) is 0 Å². The maximum absolute atomic E-state index is 5.61. The monoisotopic (exact) mass is 476 g/mol. The van der Waals surface area contributed by atoms with Crippen LogP contribution in [0, 0.1) is 6.92 Å². The van der Waals surface area contributed by atoms with Crippen molar-refractivity contribution in [3.63, 3.8) is 0 Å². The molecule has 1 aromatic carbocycles. The minimum atomic E-state index is 0. The molecular weight excluding hydrogens is 451 g/mol. The summed E-state index contributed by atoms with van der Waals surface area (Å²) in [6.07, 6.45) is 0. The van der Waals surface area contributed by atoms with E-state index in [1.807, 2.05) is 44.5 Å². The van der Waals surface area contributed by atoms with Gasteiger partial charge in [0.15, 0.2) is 17.5 Å². The number of ether oxygens (including phenoxy) is 2. The lowest BCUT2D eigenvalue weighted by Crippen LogP contribution is -2.30. The van der Waals surface area contributed by atoms with E-state index < -0.39 is 0 Å². The molecule has 0 amide bonds. The quantitative estimate of drug-likeness (QED) is 0.359. The van der Waals surface area contributed by atoms with Gasteiger partial charge in [0.2, 0.25) is 0 Å². The summed E-state index contributed by atoms with van der Waals surface area (Å²) in [7, 11) is 1.63. The van der Waals surface area contributed by atoms with E-state index in [0.717, 1.165) is 28.8 Å². The van der Waals surface area contributed by atoms with E-state index in [9.17, 15) is 0 Å². The number of benzene rings is 1. The first-order valence-corrected chi connectivity index (χ1v) is 8.81. The second kappa shape index (κ2) is 11.1. The van der Waals surface area contributed by atoms with Gasteiger partial charge >= 0.3 is 0 Å². The van der Waals surface area contributed by atoms with Crippen molar-refractivity contribution in [3.8, 4) is 11.5 Å². The molecule has 8 heteroatoms. The minimum absolute atomic E-state index is 0. The number of rotatable bonds is 7. The highest BCUT2D eigenvalue weighted by atomic mass is 127. The molecule has 0 aliphatic heterocycles. The van der Waals surface area contributed by atoms with Crippen molar-refractivity contribution < 1.29 is 9.47 Å². The molecule has 0 unspecified atom stereocenters. The number of thiazole rings is 1. The first kappa shape index (κ1) is 21.5. The molecular formula is C17H25IN4O2S. The van der Waals surface area contributed by atoms with Gasteiger partial charge in [-0.15, -0.1) is 35.3 Å². The molecule has 0 aliphatic rings. The van der Waals surface area contributed by atoms with Crippen molar-refractivity contribution in [3.05, 3.63) is 34.3 Å². The van der Waals surface area contributed by atoms with Gasteiger partial charge in [-0.25, -0.2) is 9.98 Å². The molecule has 2 aromatic rings. The van der Waals surface area contributed by atoms with E-state index in [2.05, 4.69) is 20.6 Å². The van der Waals surface area contributed by atoms with Crippen LogP contribution in [0.3, 0.4) is 0 Å². The Hall–Kier alpha value is -1.55. The lowest BCUT2D eigenvalue weighted by Gasteiger charge is -2.14. The van der Waals surface area contributed by atoms with Gasteiger partial charge in [-0.2, -0.15) is 0 Å². The van der Waals surface area contributed by atoms with E-state index in [0.29, 0.717) is 24.7 Å². The number of halogens is 1. The van der Waals surface area contributed by atoms with E-state index in [1.54, 1.807) is 18.4 Å². The Balaban J connectivity index is 0.00000312. The molecule has 0 saturated carbocycles. The third kappa shape index (κ3) is 6.35. The fourth-order valence-electron chi connectivity index (χ4n) is 2.10. The predicted octanol–water partition coefficient (Wildman–Crippen LogP) is 4.05. The van der Waals surface area contributed by atoms with Crippen LogP contribution in [-0.4, -0.2) is 31.2 Å². The van der Waals surface area contributed by atoms with Gasteiger partial charge in [-0.05, 0) is 32.9 Å². The molecule has 2 rings (SSSR count). The van der Waals surface area contributed by atoms with Crippen molar-refractivity contribution in [2.24, 2.45) is 4.99 Å². The zero-order valence-electron chi connectivity index (χ0n) is 15.0. The number of aryl methyl sites for hydroxylation is 1. The van der Waals surface area contributed by atoms with Crippen molar-refractivity contribution in [2.75, 3.05) is 25.6 Å². The molecule has 0 spiro atoms. The first-order chi connectivity index (χ1) is 11.7. The number of guanidine groups is 1. The maximum atomic E-state index is 5.61. The SMILES string of the molecule is CCNC(=NCc1scnc1C)Nc1ccc(OC)c(OCC)c1.I. The molecule has 0 radical (unpaired) electrons. The molecule has 0 atom stereocenters. The summed E-state index contributed by atoms with van der Waals surface area (Å²) in [5.41, 5.74) is 3.76. The van der Waals surface area contributed by atoms with Gasteiger partial charge in [0.25, 0.3) is 0 Å². The summed E-state index contributed by atoms with van der Waals surface area (Å²) < 4.78 is 10.9. The Bertz CT molecular complexity index is 691. The van der Waals surface area contributed by atoms with Crippen molar-refractivity contribution in [1.82, 2.24) is 10.3 Å². The topological polar surface area (TPSA) is 67.8 Å². The summed E-state index contributed by atoms with van der Waals surface area (Å²) >= 11 is 1.62. The molecule has 2 N–H and O–H groups in total. The highest BCUT2D eigenvalue weighted by molar-refractivity contribution is 14.0. The fourth-order valence-corrected chi connectivity index (χ4v) is 2.80. The smallest absolute Gasteiger partial charge is 0.196 e. The van der Waals surface area contributed by atoms with Crippen LogP contribution >= 0.6 is 35.3 Å². The number of hydrogen-bond donors (Lipinski definition) is 2. The van der Waals surface area contributed by atoms with E-state index >= 15 is 0 Å². The van der Waals surface area contributed by atoms with Gasteiger partial charge in [0, 0.05) is 23.2 Å². The summed E-state index contributed by atoms with van der Waals surface area (Å²) in [6.45, 7) is 7.94. The van der Waals surface area contributed by atoms with Crippen molar-refractivity contribution in [1.29, 1.82) is 0 Å². The first-order valence-electron chi connectivity index (χ1n) is 7.93. The standard InChI is InChI=1S/C17H24N4O2S.HI/c1-5-18-17(19-10-16-12(3)20-11-24-16)21-13-7-8-14(22-4)15(9-13)23-6-2;/h7-9,11H,5-6,10H2,1-4H3,(H2,18,19,21);1H. The largest absolute Gasteiger partial charge is 0.493 e. The van der Waals surface area contributed by atoms with Crippen LogP contribution < -0.4 is 20.1 Å². The highest BCUT2D eigenvalue weighted by Crippen LogP contribution is 2.30. The second-order valence-corrected chi connectivity index (χ2v) is 5.92. The number of aromatic nitrogens is 1. The molecule has 138 valence electrons. The Morgan fingerprint density at radius 2 is 2.08 bits per heavy atom. The van der Waals surface area contributed by atoms with Crippen molar-refractivity contribution in [2.45, 2.75) is 27.3 Å². The summed E-state index contributed by atoms with van der Waals surface area (Å²) in [5, 5.41) is 6.54. The average molecular weight is 476 g/mol. The van der Waals surface area contributed by atoms with Crippen LogP contribution in [-0.2, 0) is 6.54 Å². The van der Waals surface area contributed by atoms with E-state index in [-0.39, 0.29) is 24.0 Å². The van der Waals surface area contributed by atoms with Crippen LogP contribution in [0.25, 0.3) is 0 Å². The Kier molecular flexibility index (Phi) is 9.58.